The molecule has 2 aromatic rings. The fourth-order valence-electron chi connectivity index (χ4n) is 3.06. The molecule has 2 amide bonds. The van der Waals surface area contributed by atoms with Crippen LogP contribution in [0.4, 0.5) is 10.5 Å². The summed E-state index contributed by atoms with van der Waals surface area (Å²) in [5.74, 6) is 0.828. The van der Waals surface area contributed by atoms with E-state index in [1.165, 1.54) is 0 Å². The number of hydrogen-bond donors (Lipinski definition) is 2. The van der Waals surface area contributed by atoms with Crippen LogP contribution >= 0.6 is 0 Å². The van der Waals surface area contributed by atoms with E-state index in [0.29, 0.717) is 13.0 Å². The van der Waals surface area contributed by atoms with Crippen molar-refractivity contribution in [3.63, 3.8) is 0 Å². The number of fused-ring (bicyclic) bond motifs is 2. The van der Waals surface area contributed by atoms with Crippen LogP contribution in [0.1, 0.15) is 17.5 Å². The SMILES string of the molecule is Cc1ccc2c(c1)OCCC21NC(=O)N(c2ccccc2)N1. The van der Waals surface area contributed by atoms with Crippen molar-refractivity contribution in [3.8, 4) is 5.75 Å². The smallest absolute Gasteiger partial charge is 0.338 e. The van der Waals surface area contributed by atoms with Gasteiger partial charge in [-0.25, -0.2) is 9.80 Å². The number of hydrogen-bond acceptors (Lipinski definition) is 3. The number of anilines is 1. The van der Waals surface area contributed by atoms with E-state index in [9.17, 15) is 4.79 Å². The standard InChI is InChI=1S/C17H17N3O2/c1-12-7-8-14-15(11-12)22-10-9-17(14)18-16(21)20(19-17)13-5-3-2-4-6-13/h2-8,11,19H,9-10H2,1H3,(H,18,21). The number of urea groups is 1. The number of para-hydroxylation sites is 1. The highest BCUT2D eigenvalue weighted by Gasteiger charge is 2.47. The van der Waals surface area contributed by atoms with Gasteiger partial charge in [-0.3, -0.25) is 0 Å². The van der Waals surface area contributed by atoms with Gasteiger partial charge in [-0.15, -0.1) is 0 Å². The molecule has 2 N–H and O–H groups in total. The topological polar surface area (TPSA) is 53.6 Å². The number of amides is 2. The highest BCUT2D eigenvalue weighted by molar-refractivity contribution is 5.94. The summed E-state index contributed by atoms with van der Waals surface area (Å²) in [7, 11) is 0. The van der Waals surface area contributed by atoms with Crippen LogP contribution < -0.4 is 20.5 Å². The molecule has 0 aliphatic carbocycles. The highest BCUT2D eigenvalue weighted by atomic mass is 16.5. The molecule has 1 spiro atoms. The Morgan fingerprint density at radius 1 is 1.18 bits per heavy atom. The molecule has 1 atom stereocenters. The van der Waals surface area contributed by atoms with Gasteiger partial charge in [-0.1, -0.05) is 30.3 Å². The number of nitrogens with zero attached hydrogens (tertiary/aromatic N) is 1. The Morgan fingerprint density at radius 2 is 2.00 bits per heavy atom. The van der Waals surface area contributed by atoms with E-state index in [0.717, 1.165) is 22.6 Å². The Morgan fingerprint density at radius 3 is 2.82 bits per heavy atom. The maximum atomic E-state index is 12.4. The fraction of sp³-hybridized carbons (Fsp3) is 0.235. The zero-order valence-corrected chi connectivity index (χ0v) is 12.3. The first-order valence-electron chi connectivity index (χ1n) is 7.37. The Labute approximate surface area is 128 Å². The van der Waals surface area contributed by atoms with Crippen LogP contribution in [0.25, 0.3) is 0 Å². The number of nitrogens with one attached hydrogen (secondary N) is 2. The minimum atomic E-state index is -0.603. The lowest BCUT2D eigenvalue weighted by molar-refractivity contribution is 0.182. The average Bonchev–Trinajstić information content (AvgIpc) is 2.85. The monoisotopic (exact) mass is 295 g/mol. The van der Waals surface area contributed by atoms with Gasteiger partial charge in [-0.2, -0.15) is 5.43 Å². The molecule has 1 saturated heterocycles. The molecule has 0 saturated carbocycles. The Hall–Kier alpha value is -2.53. The second-order valence-corrected chi connectivity index (χ2v) is 5.72. The van der Waals surface area contributed by atoms with Gasteiger partial charge in [0, 0.05) is 12.0 Å². The minimum Gasteiger partial charge on any atom is -0.493 e. The molecule has 2 aliphatic heterocycles. The summed E-state index contributed by atoms with van der Waals surface area (Å²) < 4.78 is 5.76. The summed E-state index contributed by atoms with van der Waals surface area (Å²) in [6.07, 6.45) is 0.679. The predicted octanol–water partition coefficient (Wildman–Crippen LogP) is 2.66. The van der Waals surface area contributed by atoms with E-state index in [-0.39, 0.29) is 6.03 Å². The third-order valence-corrected chi connectivity index (χ3v) is 4.17. The van der Waals surface area contributed by atoms with Crippen LogP contribution in [0.5, 0.6) is 5.75 Å². The highest BCUT2D eigenvalue weighted by Crippen LogP contribution is 2.38. The normalized spacial score (nSPS) is 23.1. The van der Waals surface area contributed by atoms with Crippen molar-refractivity contribution in [1.82, 2.24) is 10.7 Å². The number of carbonyl (C=O) groups is 1. The first-order valence-corrected chi connectivity index (χ1v) is 7.37. The number of rotatable bonds is 1. The summed E-state index contributed by atoms with van der Waals surface area (Å²) in [4.78, 5) is 12.4. The molecule has 112 valence electrons. The molecule has 5 nitrogen and oxygen atoms in total. The maximum Gasteiger partial charge on any atom is 0.338 e. The summed E-state index contributed by atoms with van der Waals surface area (Å²) in [5.41, 5.74) is 5.66. The zero-order chi connectivity index (χ0) is 15.2. The van der Waals surface area contributed by atoms with Gasteiger partial charge in [-0.05, 0) is 30.7 Å². The van der Waals surface area contributed by atoms with Crippen molar-refractivity contribution >= 4 is 11.7 Å². The van der Waals surface area contributed by atoms with Gasteiger partial charge in [0.25, 0.3) is 0 Å². The van der Waals surface area contributed by atoms with Crippen LogP contribution in [-0.4, -0.2) is 12.6 Å². The Kier molecular flexibility index (Phi) is 2.84. The van der Waals surface area contributed by atoms with Gasteiger partial charge < -0.3 is 10.1 Å². The quantitative estimate of drug-likeness (QED) is 0.850. The number of benzene rings is 2. The maximum absolute atomic E-state index is 12.4. The fourth-order valence-corrected chi connectivity index (χ4v) is 3.06. The lowest BCUT2D eigenvalue weighted by Crippen LogP contribution is -2.51. The molecule has 4 rings (SSSR count). The van der Waals surface area contributed by atoms with E-state index in [4.69, 9.17) is 4.74 Å². The number of carbonyl (C=O) groups excluding carboxylic acids is 1. The predicted molar refractivity (Wildman–Crippen MR) is 83.6 cm³/mol. The zero-order valence-electron chi connectivity index (χ0n) is 12.3. The second kappa shape index (κ2) is 4.74. The molecule has 2 heterocycles. The van der Waals surface area contributed by atoms with Crippen molar-refractivity contribution in [3.05, 3.63) is 59.7 Å². The molecular weight excluding hydrogens is 278 g/mol. The minimum absolute atomic E-state index is 0.153. The van der Waals surface area contributed by atoms with E-state index >= 15 is 0 Å². The van der Waals surface area contributed by atoms with Gasteiger partial charge in [0.15, 0.2) is 0 Å². The molecule has 0 bridgehead atoms. The molecule has 22 heavy (non-hydrogen) atoms. The van der Waals surface area contributed by atoms with Crippen molar-refractivity contribution in [2.24, 2.45) is 0 Å². The first kappa shape index (κ1) is 13.2. The molecule has 5 heteroatoms. The van der Waals surface area contributed by atoms with Gasteiger partial charge in [0.05, 0.1) is 12.3 Å². The number of ether oxygens (including phenoxy) is 1. The van der Waals surface area contributed by atoms with Crippen LogP contribution in [0.3, 0.4) is 0 Å². The van der Waals surface area contributed by atoms with Gasteiger partial charge in [0.1, 0.15) is 11.4 Å². The third-order valence-electron chi connectivity index (χ3n) is 4.17. The number of hydrazine groups is 1. The molecule has 1 fully saturated rings. The molecular formula is C17H17N3O2. The molecule has 2 aliphatic rings. The van der Waals surface area contributed by atoms with Crippen molar-refractivity contribution in [2.75, 3.05) is 11.6 Å². The third kappa shape index (κ3) is 1.94. The van der Waals surface area contributed by atoms with E-state index in [1.54, 1.807) is 5.01 Å². The van der Waals surface area contributed by atoms with Gasteiger partial charge >= 0.3 is 6.03 Å². The molecule has 1 unspecified atom stereocenters. The molecule has 0 aromatic heterocycles. The van der Waals surface area contributed by atoms with Crippen LogP contribution in [0.15, 0.2) is 48.5 Å². The summed E-state index contributed by atoms with van der Waals surface area (Å²) in [6.45, 7) is 2.59. The van der Waals surface area contributed by atoms with Gasteiger partial charge in [0.2, 0.25) is 0 Å². The Balaban J connectivity index is 1.74. The summed E-state index contributed by atoms with van der Waals surface area (Å²) in [6, 6.07) is 15.5. The summed E-state index contributed by atoms with van der Waals surface area (Å²) >= 11 is 0. The van der Waals surface area contributed by atoms with E-state index in [2.05, 4.69) is 10.7 Å². The first-order chi connectivity index (χ1) is 10.7. The van der Waals surface area contributed by atoms with Crippen molar-refractivity contribution < 1.29 is 9.53 Å². The van der Waals surface area contributed by atoms with Crippen molar-refractivity contribution in [1.29, 1.82) is 0 Å². The second-order valence-electron chi connectivity index (χ2n) is 5.72. The molecule has 0 radical (unpaired) electrons. The van der Waals surface area contributed by atoms with Crippen LogP contribution in [-0.2, 0) is 5.66 Å². The largest absolute Gasteiger partial charge is 0.493 e. The lowest BCUT2D eigenvalue weighted by atomic mass is 9.93. The van der Waals surface area contributed by atoms with E-state index in [1.807, 2.05) is 55.5 Å². The molecule has 2 aromatic carbocycles. The number of aryl methyl sites for hydroxylation is 1. The van der Waals surface area contributed by atoms with Crippen LogP contribution in [0, 0.1) is 6.92 Å². The lowest BCUT2D eigenvalue weighted by Gasteiger charge is -2.35. The Bertz CT molecular complexity index is 732. The van der Waals surface area contributed by atoms with Crippen molar-refractivity contribution in [2.45, 2.75) is 19.0 Å². The van der Waals surface area contributed by atoms with E-state index < -0.39 is 5.66 Å². The average molecular weight is 295 g/mol. The van der Waals surface area contributed by atoms with Crippen LogP contribution in [0.2, 0.25) is 0 Å². The summed E-state index contributed by atoms with van der Waals surface area (Å²) in [5, 5.41) is 4.65.